The van der Waals surface area contributed by atoms with Crippen LogP contribution in [0.1, 0.15) is 10.5 Å². The lowest BCUT2D eigenvalue weighted by Crippen LogP contribution is -2.21. The molecule has 0 radical (unpaired) electrons. The van der Waals surface area contributed by atoms with Crippen LogP contribution in [0.5, 0.6) is 0 Å². The molecule has 0 bridgehead atoms. The Bertz CT molecular complexity index is 910. The largest absolute Gasteiger partial charge is 0.451 e. The van der Waals surface area contributed by atoms with Crippen molar-refractivity contribution in [2.75, 3.05) is 11.9 Å². The fourth-order valence-corrected chi connectivity index (χ4v) is 3.46. The van der Waals surface area contributed by atoms with Gasteiger partial charge >= 0.3 is 5.97 Å². The maximum Gasteiger partial charge on any atom is 0.358 e. The van der Waals surface area contributed by atoms with E-state index in [-0.39, 0.29) is 11.4 Å². The van der Waals surface area contributed by atoms with Crippen molar-refractivity contribution in [3.05, 3.63) is 58.4 Å². The maximum absolute atomic E-state index is 13.1. The van der Waals surface area contributed by atoms with E-state index in [1.54, 1.807) is 5.38 Å². The van der Waals surface area contributed by atoms with Crippen molar-refractivity contribution in [3.8, 4) is 9.88 Å². The van der Waals surface area contributed by atoms with Crippen LogP contribution in [0.3, 0.4) is 0 Å². The first-order valence-electron chi connectivity index (χ1n) is 6.94. The van der Waals surface area contributed by atoms with Crippen LogP contribution < -0.4 is 5.32 Å². The Morgan fingerprint density at radius 1 is 1.16 bits per heavy atom. The summed E-state index contributed by atoms with van der Waals surface area (Å²) < 4.78 is 30.8. The van der Waals surface area contributed by atoms with E-state index in [9.17, 15) is 18.4 Å². The third-order valence-electron chi connectivity index (χ3n) is 2.98. The van der Waals surface area contributed by atoms with E-state index in [4.69, 9.17) is 4.74 Å². The normalized spacial score (nSPS) is 10.5. The van der Waals surface area contributed by atoms with Crippen LogP contribution in [0.15, 0.2) is 41.1 Å². The molecule has 0 aliphatic heterocycles. The lowest BCUT2D eigenvalue weighted by Gasteiger charge is -2.06. The Labute approximate surface area is 148 Å². The minimum absolute atomic E-state index is 0.0635. The van der Waals surface area contributed by atoms with Gasteiger partial charge in [0.2, 0.25) is 0 Å². The molecule has 3 aromatic rings. The Balaban J connectivity index is 1.55. The lowest BCUT2D eigenvalue weighted by molar-refractivity contribution is -0.119. The molecule has 1 N–H and O–H groups in total. The van der Waals surface area contributed by atoms with Crippen molar-refractivity contribution < 1.29 is 23.1 Å². The average molecular weight is 380 g/mol. The van der Waals surface area contributed by atoms with E-state index in [0.717, 1.165) is 17.0 Å². The zero-order chi connectivity index (χ0) is 17.8. The summed E-state index contributed by atoms with van der Waals surface area (Å²) >= 11 is 2.79. The third kappa shape index (κ3) is 4.25. The molecule has 2 heterocycles. The van der Waals surface area contributed by atoms with Crippen LogP contribution in [-0.2, 0) is 9.53 Å². The summed E-state index contributed by atoms with van der Waals surface area (Å²) in [5, 5.41) is 6.44. The van der Waals surface area contributed by atoms with Crippen LogP contribution in [0.2, 0.25) is 0 Å². The number of nitrogens with one attached hydrogen (secondary N) is 1. The summed E-state index contributed by atoms with van der Waals surface area (Å²) in [6.07, 6.45) is 0. The predicted octanol–water partition coefficient (Wildman–Crippen LogP) is 3.95. The molecule has 0 unspecified atom stereocenters. The molecule has 0 atom stereocenters. The zero-order valence-corrected chi connectivity index (χ0v) is 14.1. The minimum Gasteiger partial charge on any atom is -0.451 e. The molecule has 0 aliphatic rings. The van der Waals surface area contributed by atoms with Gasteiger partial charge in [-0.1, -0.05) is 6.07 Å². The van der Waals surface area contributed by atoms with Crippen LogP contribution >= 0.6 is 22.7 Å². The Hall–Kier alpha value is -2.65. The lowest BCUT2D eigenvalue weighted by atomic mass is 10.3. The second-order valence-corrected chi connectivity index (χ2v) is 6.57. The second-order valence-electron chi connectivity index (χ2n) is 4.77. The second kappa shape index (κ2) is 7.49. The number of carbonyl (C=O) groups is 2. The summed E-state index contributed by atoms with van der Waals surface area (Å²) in [6, 6.07) is 6.68. The predicted molar refractivity (Wildman–Crippen MR) is 90.7 cm³/mol. The number of anilines is 1. The molecular formula is C16H10F2N2O3S2. The number of halogens is 2. The Morgan fingerprint density at radius 2 is 2.00 bits per heavy atom. The van der Waals surface area contributed by atoms with Crippen LogP contribution in [0, 0.1) is 11.6 Å². The highest BCUT2D eigenvalue weighted by Crippen LogP contribution is 2.27. The molecule has 5 nitrogen and oxygen atoms in total. The first-order valence-corrected chi connectivity index (χ1v) is 8.70. The fourth-order valence-electron chi connectivity index (χ4n) is 1.86. The van der Waals surface area contributed by atoms with Gasteiger partial charge in [-0.3, -0.25) is 4.79 Å². The van der Waals surface area contributed by atoms with Crippen LogP contribution in [-0.4, -0.2) is 23.5 Å². The molecule has 0 saturated heterocycles. The van der Waals surface area contributed by atoms with Crippen molar-refractivity contribution in [1.29, 1.82) is 0 Å². The van der Waals surface area contributed by atoms with Gasteiger partial charge in [0.05, 0.1) is 4.88 Å². The molecule has 25 heavy (non-hydrogen) atoms. The topological polar surface area (TPSA) is 68.3 Å². The third-order valence-corrected chi connectivity index (χ3v) is 4.86. The number of nitrogens with zero attached hydrogens (tertiary/aromatic N) is 1. The number of aromatic nitrogens is 1. The molecule has 3 rings (SSSR count). The number of hydrogen-bond acceptors (Lipinski definition) is 6. The first kappa shape index (κ1) is 17.2. The van der Waals surface area contributed by atoms with Crippen LogP contribution in [0.25, 0.3) is 9.88 Å². The first-order chi connectivity index (χ1) is 12.0. The number of esters is 1. The molecule has 1 aromatic carbocycles. The Morgan fingerprint density at radius 3 is 2.72 bits per heavy atom. The monoisotopic (exact) mass is 380 g/mol. The summed E-state index contributed by atoms with van der Waals surface area (Å²) in [5.74, 6) is -3.51. The molecular weight excluding hydrogens is 370 g/mol. The zero-order valence-electron chi connectivity index (χ0n) is 12.5. The van der Waals surface area contributed by atoms with Gasteiger partial charge < -0.3 is 10.1 Å². The number of ether oxygens (including phenoxy) is 1. The SMILES string of the molecule is O=C(COC(=O)c1csc(-c2cccs2)n1)Nc1ccc(F)c(F)c1. The van der Waals surface area contributed by atoms with Gasteiger partial charge in [0.1, 0.15) is 5.01 Å². The number of hydrogen-bond donors (Lipinski definition) is 1. The van der Waals surface area contributed by atoms with E-state index < -0.39 is 30.1 Å². The highest BCUT2D eigenvalue weighted by atomic mass is 32.1. The molecule has 2 aromatic heterocycles. The molecule has 0 spiro atoms. The highest BCUT2D eigenvalue weighted by molar-refractivity contribution is 7.20. The van der Waals surface area contributed by atoms with Crippen molar-refractivity contribution >= 4 is 40.2 Å². The van der Waals surface area contributed by atoms with Gasteiger partial charge in [-0.2, -0.15) is 0 Å². The molecule has 9 heteroatoms. The van der Waals surface area contributed by atoms with Gasteiger partial charge in [0.15, 0.2) is 23.9 Å². The van der Waals surface area contributed by atoms with E-state index in [0.29, 0.717) is 5.01 Å². The number of rotatable bonds is 5. The van der Waals surface area contributed by atoms with Crippen LogP contribution in [0.4, 0.5) is 14.5 Å². The maximum atomic E-state index is 13.1. The van der Waals surface area contributed by atoms with Gasteiger partial charge in [0, 0.05) is 17.1 Å². The van der Waals surface area contributed by atoms with Crippen molar-refractivity contribution in [2.45, 2.75) is 0 Å². The molecule has 128 valence electrons. The summed E-state index contributed by atoms with van der Waals surface area (Å²) in [4.78, 5) is 28.7. The van der Waals surface area contributed by atoms with E-state index in [1.807, 2.05) is 17.5 Å². The number of benzene rings is 1. The summed E-state index contributed by atoms with van der Waals surface area (Å²) in [6.45, 7) is -0.566. The highest BCUT2D eigenvalue weighted by Gasteiger charge is 2.15. The smallest absolute Gasteiger partial charge is 0.358 e. The van der Waals surface area contributed by atoms with Crippen molar-refractivity contribution in [3.63, 3.8) is 0 Å². The van der Waals surface area contributed by atoms with E-state index in [1.165, 1.54) is 28.7 Å². The summed E-state index contributed by atoms with van der Waals surface area (Å²) in [5.41, 5.74) is 0.169. The number of thiazole rings is 1. The van der Waals surface area contributed by atoms with Gasteiger partial charge in [-0.15, -0.1) is 22.7 Å². The minimum atomic E-state index is -1.08. The number of amides is 1. The number of carbonyl (C=O) groups excluding carboxylic acids is 2. The van der Waals surface area contributed by atoms with Crippen molar-refractivity contribution in [2.24, 2.45) is 0 Å². The van der Waals surface area contributed by atoms with Crippen molar-refractivity contribution in [1.82, 2.24) is 4.98 Å². The quantitative estimate of drug-likeness (QED) is 0.681. The standard InChI is InChI=1S/C16H10F2N2O3S2/c17-10-4-3-9(6-11(10)18)19-14(21)7-23-16(22)12-8-25-15(20-12)13-2-1-5-24-13/h1-6,8H,7H2,(H,19,21). The molecule has 1 amide bonds. The fraction of sp³-hybridized carbons (Fsp3) is 0.0625. The van der Waals surface area contributed by atoms with Gasteiger partial charge in [0.25, 0.3) is 5.91 Å². The molecule has 0 saturated carbocycles. The molecule has 0 fully saturated rings. The summed E-state index contributed by atoms with van der Waals surface area (Å²) in [7, 11) is 0. The molecule has 0 aliphatic carbocycles. The number of thiophene rings is 1. The van der Waals surface area contributed by atoms with Gasteiger partial charge in [-0.05, 0) is 23.6 Å². The van der Waals surface area contributed by atoms with Gasteiger partial charge in [-0.25, -0.2) is 18.6 Å². The van der Waals surface area contributed by atoms with E-state index in [2.05, 4.69) is 10.3 Å². The van der Waals surface area contributed by atoms with E-state index >= 15 is 0 Å². The Kier molecular flexibility index (Phi) is 5.15. The average Bonchev–Trinajstić information content (AvgIpc) is 3.26.